The molecular weight excluding hydrogens is 371 g/mol. The first-order valence-electron chi connectivity index (χ1n) is 8.73. The van der Waals surface area contributed by atoms with Crippen molar-refractivity contribution in [3.63, 3.8) is 0 Å². The van der Waals surface area contributed by atoms with Crippen molar-refractivity contribution in [2.24, 2.45) is 5.41 Å². The fourth-order valence-corrected chi connectivity index (χ4v) is 3.89. The number of nitrogens with one attached hydrogen (secondary N) is 1. The van der Waals surface area contributed by atoms with Gasteiger partial charge in [-0.2, -0.15) is 5.26 Å². The van der Waals surface area contributed by atoms with Crippen LogP contribution in [0.15, 0.2) is 42.5 Å². The zero-order chi connectivity index (χ0) is 19.9. The molecule has 2 aromatic rings. The number of rotatable bonds is 2. The largest absolute Gasteiger partial charge is 0.573 e. The molecule has 1 N–H and O–H groups in total. The number of benzene rings is 2. The van der Waals surface area contributed by atoms with Gasteiger partial charge in [-0.25, -0.2) is 0 Å². The molecule has 1 saturated heterocycles. The van der Waals surface area contributed by atoms with Crippen molar-refractivity contribution < 1.29 is 22.7 Å². The lowest BCUT2D eigenvalue weighted by Gasteiger charge is -2.33. The summed E-state index contributed by atoms with van der Waals surface area (Å²) in [5.74, 6) is -0.419. The Balaban J connectivity index is 1.61. The van der Waals surface area contributed by atoms with Gasteiger partial charge < -0.3 is 15.0 Å². The molecule has 28 heavy (non-hydrogen) atoms. The van der Waals surface area contributed by atoms with Crippen LogP contribution in [-0.2, 0) is 11.2 Å². The van der Waals surface area contributed by atoms with Crippen molar-refractivity contribution in [1.82, 2.24) is 4.90 Å². The lowest BCUT2D eigenvalue weighted by atomic mass is 9.76. The van der Waals surface area contributed by atoms with Crippen molar-refractivity contribution in [3.8, 4) is 23.1 Å². The molecule has 0 saturated carbocycles. The van der Waals surface area contributed by atoms with Crippen LogP contribution in [0.1, 0.15) is 12.0 Å². The van der Waals surface area contributed by atoms with Crippen LogP contribution in [0.2, 0.25) is 0 Å². The highest BCUT2D eigenvalue weighted by atomic mass is 19.4. The topological polar surface area (TPSA) is 65.4 Å². The molecule has 1 unspecified atom stereocenters. The number of fused-ring (bicyclic) bond motifs is 1. The third-order valence-corrected chi connectivity index (χ3v) is 5.26. The summed E-state index contributed by atoms with van der Waals surface area (Å²) in [7, 11) is 0. The number of anilines is 1. The van der Waals surface area contributed by atoms with Crippen LogP contribution < -0.4 is 10.1 Å². The van der Waals surface area contributed by atoms with E-state index in [0.29, 0.717) is 42.7 Å². The van der Waals surface area contributed by atoms with Crippen LogP contribution >= 0.6 is 0 Å². The van der Waals surface area contributed by atoms with Crippen LogP contribution in [0.3, 0.4) is 0 Å². The molecule has 2 aliphatic heterocycles. The summed E-state index contributed by atoms with van der Waals surface area (Å²) in [4.78, 5) is 14.3. The Bertz CT molecular complexity index is 983. The molecule has 2 heterocycles. The molecule has 0 radical (unpaired) electrons. The predicted octanol–water partition coefficient (Wildman–Crippen LogP) is 3.92. The summed E-state index contributed by atoms with van der Waals surface area (Å²) in [5, 5.41) is 12.0. The fourth-order valence-electron chi connectivity index (χ4n) is 3.89. The minimum absolute atomic E-state index is 0.121. The van der Waals surface area contributed by atoms with Crippen LogP contribution in [-0.4, -0.2) is 30.3 Å². The quantitative estimate of drug-likeness (QED) is 0.794. The third kappa shape index (κ3) is 3.36. The van der Waals surface area contributed by atoms with Gasteiger partial charge in [0, 0.05) is 18.8 Å². The number of halogens is 3. The van der Waals surface area contributed by atoms with Crippen molar-refractivity contribution in [3.05, 3.63) is 48.0 Å². The van der Waals surface area contributed by atoms with Gasteiger partial charge in [-0.05, 0) is 47.7 Å². The van der Waals surface area contributed by atoms with Crippen LogP contribution in [0.4, 0.5) is 18.9 Å². The minimum atomic E-state index is -4.75. The molecule has 144 valence electrons. The molecule has 2 aromatic carbocycles. The second kappa shape index (κ2) is 6.44. The Morgan fingerprint density at radius 2 is 1.96 bits per heavy atom. The van der Waals surface area contributed by atoms with Crippen molar-refractivity contribution in [1.29, 1.82) is 5.26 Å². The van der Waals surface area contributed by atoms with Crippen molar-refractivity contribution >= 4 is 11.6 Å². The molecule has 5 nitrogen and oxygen atoms in total. The molecule has 0 aromatic heterocycles. The van der Waals surface area contributed by atoms with Gasteiger partial charge in [0.1, 0.15) is 5.75 Å². The van der Waals surface area contributed by atoms with E-state index >= 15 is 0 Å². The molecule has 1 spiro atoms. The van der Waals surface area contributed by atoms with E-state index in [1.807, 2.05) is 12.1 Å². The van der Waals surface area contributed by atoms with Gasteiger partial charge in [-0.3, -0.25) is 4.79 Å². The number of hydrogen-bond acceptors (Lipinski definition) is 4. The summed E-state index contributed by atoms with van der Waals surface area (Å²) in [6.07, 6.45) is -1.51. The number of ether oxygens (including phenoxy) is 1. The van der Waals surface area contributed by atoms with E-state index in [4.69, 9.17) is 5.26 Å². The Morgan fingerprint density at radius 1 is 1.18 bits per heavy atom. The zero-order valence-electron chi connectivity index (χ0n) is 14.7. The summed E-state index contributed by atoms with van der Waals surface area (Å²) >= 11 is 0. The maximum Gasteiger partial charge on any atom is 0.573 e. The summed E-state index contributed by atoms with van der Waals surface area (Å²) in [6, 6.07) is 11.2. The van der Waals surface area contributed by atoms with Gasteiger partial charge in [0.05, 0.1) is 5.41 Å². The van der Waals surface area contributed by atoms with Gasteiger partial charge in [-0.15, -0.1) is 13.2 Å². The SMILES string of the molecule is N#CN1CCC2(Cc3ccc(-c4cccc(OC(F)(F)F)c4)cc3NC2=O)C1. The molecule has 2 aliphatic rings. The van der Waals surface area contributed by atoms with Crippen LogP contribution in [0, 0.1) is 16.9 Å². The number of nitriles is 1. The minimum Gasteiger partial charge on any atom is -0.406 e. The molecule has 1 atom stereocenters. The van der Waals surface area contributed by atoms with E-state index in [0.717, 1.165) is 5.56 Å². The van der Waals surface area contributed by atoms with E-state index in [2.05, 4.69) is 16.2 Å². The maximum absolute atomic E-state index is 12.7. The molecule has 0 bridgehead atoms. The Labute approximate surface area is 159 Å². The Kier molecular flexibility index (Phi) is 4.18. The third-order valence-electron chi connectivity index (χ3n) is 5.26. The number of nitrogens with zero attached hydrogens (tertiary/aromatic N) is 2. The number of carbonyl (C=O) groups is 1. The first-order valence-corrected chi connectivity index (χ1v) is 8.73. The van der Waals surface area contributed by atoms with Gasteiger partial charge in [0.2, 0.25) is 5.91 Å². The monoisotopic (exact) mass is 387 g/mol. The van der Waals surface area contributed by atoms with E-state index in [9.17, 15) is 18.0 Å². The highest BCUT2D eigenvalue weighted by molar-refractivity contribution is 5.99. The average molecular weight is 387 g/mol. The Hall–Kier alpha value is -3.21. The number of carbonyl (C=O) groups excluding carboxylic acids is 1. The molecule has 0 aliphatic carbocycles. The average Bonchev–Trinajstić information content (AvgIpc) is 3.05. The molecule has 8 heteroatoms. The zero-order valence-corrected chi connectivity index (χ0v) is 14.7. The molecular formula is C20H16F3N3O2. The summed E-state index contributed by atoms with van der Waals surface area (Å²) in [5.41, 5.74) is 2.21. The summed E-state index contributed by atoms with van der Waals surface area (Å²) in [6.45, 7) is 0.955. The molecule has 1 amide bonds. The number of likely N-dealkylation sites (tertiary alicyclic amines) is 1. The van der Waals surface area contributed by atoms with E-state index in [1.165, 1.54) is 18.2 Å². The van der Waals surface area contributed by atoms with E-state index < -0.39 is 11.8 Å². The smallest absolute Gasteiger partial charge is 0.406 e. The second-order valence-electron chi connectivity index (χ2n) is 7.13. The standard InChI is InChI=1S/C20H16F3N3O2/c21-20(22,23)28-16-3-1-2-13(8-16)14-4-5-15-10-19(6-7-26(11-19)12-24)18(27)25-17(15)9-14/h1-5,8-9H,6-7,10-11H2,(H,25,27). The first kappa shape index (κ1) is 18.2. The second-order valence-corrected chi connectivity index (χ2v) is 7.13. The normalized spacial score (nSPS) is 21.2. The van der Waals surface area contributed by atoms with E-state index in [1.54, 1.807) is 17.0 Å². The number of amides is 1. The lowest BCUT2D eigenvalue weighted by Crippen LogP contribution is -2.43. The van der Waals surface area contributed by atoms with Crippen LogP contribution in [0.5, 0.6) is 5.75 Å². The first-order chi connectivity index (χ1) is 13.3. The highest BCUT2D eigenvalue weighted by Crippen LogP contribution is 2.42. The van der Waals surface area contributed by atoms with Gasteiger partial charge in [0.25, 0.3) is 0 Å². The lowest BCUT2D eigenvalue weighted by molar-refractivity contribution is -0.274. The van der Waals surface area contributed by atoms with Crippen molar-refractivity contribution in [2.45, 2.75) is 19.2 Å². The summed E-state index contributed by atoms with van der Waals surface area (Å²) < 4.78 is 41.3. The predicted molar refractivity (Wildman–Crippen MR) is 95.1 cm³/mol. The maximum atomic E-state index is 12.7. The van der Waals surface area contributed by atoms with Crippen molar-refractivity contribution in [2.75, 3.05) is 18.4 Å². The number of alkyl halides is 3. The number of hydrogen-bond donors (Lipinski definition) is 1. The molecule has 4 rings (SSSR count). The van der Waals surface area contributed by atoms with Gasteiger partial charge >= 0.3 is 6.36 Å². The molecule has 1 fully saturated rings. The van der Waals surface area contributed by atoms with Crippen LogP contribution in [0.25, 0.3) is 11.1 Å². The fraction of sp³-hybridized carbons (Fsp3) is 0.300. The van der Waals surface area contributed by atoms with Gasteiger partial charge in [-0.1, -0.05) is 24.3 Å². The Morgan fingerprint density at radius 3 is 2.68 bits per heavy atom. The highest BCUT2D eigenvalue weighted by Gasteiger charge is 2.47. The van der Waals surface area contributed by atoms with E-state index in [-0.39, 0.29) is 11.7 Å². The van der Waals surface area contributed by atoms with Gasteiger partial charge in [0.15, 0.2) is 6.19 Å².